The van der Waals surface area contributed by atoms with Crippen LogP contribution in [0.1, 0.15) is 33.6 Å². The van der Waals surface area contributed by atoms with Gasteiger partial charge in [0.1, 0.15) is 5.60 Å². The second-order valence-corrected chi connectivity index (χ2v) is 5.62. The van der Waals surface area contributed by atoms with E-state index < -0.39 is 5.60 Å². The van der Waals surface area contributed by atoms with E-state index in [0.29, 0.717) is 18.3 Å². The van der Waals surface area contributed by atoms with Crippen LogP contribution >= 0.6 is 0 Å². The van der Waals surface area contributed by atoms with Crippen LogP contribution in [0.15, 0.2) is 0 Å². The number of hydrogen-bond donors (Lipinski definition) is 2. The van der Waals surface area contributed by atoms with Gasteiger partial charge in [0.05, 0.1) is 6.10 Å². The molecule has 86 valence electrons. The number of aliphatic hydroxyl groups excluding tert-OH is 1. The summed E-state index contributed by atoms with van der Waals surface area (Å²) in [5, 5.41) is 12.4. The molecule has 4 atom stereocenters. The molecule has 0 heterocycles. The zero-order chi connectivity index (χ0) is 11.2. The van der Waals surface area contributed by atoms with Gasteiger partial charge >= 0.3 is 6.09 Å². The van der Waals surface area contributed by atoms with Crippen molar-refractivity contribution < 1.29 is 14.6 Å². The van der Waals surface area contributed by atoms with E-state index in [-0.39, 0.29) is 18.2 Å². The number of nitrogens with one attached hydrogen (secondary N) is 1. The van der Waals surface area contributed by atoms with Crippen LogP contribution in [-0.2, 0) is 4.74 Å². The fraction of sp³-hybridized carbons (Fsp3) is 0.909. The predicted molar refractivity (Wildman–Crippen MR) is 55.4 cm³/mol. The predicted octanol–water partition coefficient (Wildman–Crippen LogP) is 1.28. The van der Waals surface area contributed by atoms with Gasteiger partial charge in [0.2, 0.25) is 0 Å². The lowest BCUT2D eigenvalue weighted by molar-refractivity contribution is 0.0493. The van der Waals surface area contributed by atoms with Gasteiger partial charge < -0.3 is 15.2 Å². The van der Waals surface area contributed by atoms with Crippen molar-refractivity contribution in [1.82, 2.24) is 5.32 Å². The Morgan fingerprint density at radius 2 is 2.00 bits per heavy atom. The molecular formula is C11H19NO3. The maximum atomic E-state index is 11.5. The van der Waals surface area contributed by atoms with E-state index in [4.69, 9.17) is 4.74 Å². The first-order valence-corrected chi connectivity index (χ1v) is 5.54. The maximum absolute atomic E-state index is 11.5. The number of rotatable bonds is 1. The van der Waals surface area contributed by atoms with Crippen molar-refractivity contribution in [3.63, 3.8) is 0 Å². The molecule has 0 aromatic heterocycles. The van der Waals surface area contributed by atoms with Crippen molar-refractivity contribution in [2.24, 2.45) is 11.8 Å². The van der Waals surface area contributed by atoms with Crippen LogP contribution in [0.2, 0.25) is 0 Å². The number of hydrogen-bond acceptors (Lipinski definition) is 3. The highest BCUT2D eigenvalue weighted by Crippen LogP contribution is 2.51. The number of fused-ring (bicyclic) bond motifs is 1. The molecule has 1 amide bonds. The molecule has 0 aliphatic heterocycles. The van der Waals surface area contributed by atoms with Crippen LogP contribution in [0, 0.1) is 11.8 Å². The van der Waals surface area contributed by atoms with Crippen molar-refractivity contribution in [2.75, 3.05) is 0 Å². The van der Waals surface area contributed by atoms with E-state index in [1.165, 1.54) is 0 Å². The normalized spacial score (nSPS) is 38.4. The highest BCUT2D eigenvalue weighted by molar-refractivity contribution is 5.68. The number of ether oxygens (including phenoxy) is 1. The van der Waals surface area contributed by atoms with Crippen molar-refractivity contribution in [2.45, 2.75) is 51.4 Å². The van der Waals surface area contributed by atoms with Crippen LogP contribution in [0.5, 0.6) is 0 Å². The van der Waals surface area contributed by atoms with Crippen LogP contribution < -0.4 is 5.32 Å². The van der Waals surface area contributed by atoms with Gasteiger partial charge in [-0.25, -0.2) is 4.79 Å². The minimum absolute atomic E-state index is 0.111. The van der Waals surface area contributed by atoms with Gasteiger partial charge in [-0.1, -0.05) is 0 Å². The van der Waals surface area contributed by atoms with E-state index in [9.17, 15) is 9.90 Å². The summed E-state index contributed by atoms with van der Waals surface area (Å²) in [6, 6.07) is 0.111. The van der Waals surface area contributed by atoms with Crippen molar-refractivity contribution in [3.8, 4) is 0 Å². The molecule has 4 unspecified atom stereocenters. The number of amides is 1. The highest BCUT2D eigenvalue weighted by atomic mass is 16.6. The minimum atomic E-state index is -0.454. The third-order valence-corrected chi connectivity index (χ3v) is 3.10. The molecule has 4 nitrogen and oxygen atoms in total. The molecule has 0 radical (unpaired) electrons. The van der Waals surface area contributed by atoms with Gasteiger partial charge in [-0.3, -0.25) is 0 Å². The molecule has 2 saturated carbocycles. The highest BCUT2D eigenvalue weighted by Gasteiger charge is 2.54. The first-order valence-electron chi connectivity index (χ1n) is 5.54. The fourth-order valence-electron chi connectivity index (χ4n) is 2.38. The summed E-state index contributed by atoms with van der Waals surface area (Å²) >= 11 is 0. The van der Waals surface area contributed by atoms with Gasteiger partial charge in [0.25, 0.3) is 0 Å². The lowest BCUT2D eigenvalue weighted by Crippen LogP contribution is -2.39. The topological polar surface area (TPSA) is 58.6 Å². The Bertz CT molecular complexity index is 271. The van der Waals surface area contributed by atoms with E-state index >= 15 is 0 Å². The Hall–Kier alpha value is -0.770. The third kappa shape index (κ3) is 2.43. The van der Waals surface area contributed by atoms with Gasteiger partial charge in [-0.15, -0.1) is 0 Å². The molecule has 2 N–H and O–H groups in total. The summed E-state index contributed by atoms with van der Waals surface area (Å²) in [6.07, 6.45) is 1.12. The number of carbonyl (C=O) groups is 1. The van der Waals surface area contributed by atoms with Gasteiger partial charge in [0.15, 0.2) is 0 Å². The average Bonchev–Trinajstić information content (AvgIpc) is 2.71. The molecule has 0 bridgehead atoms. The zero-order valence-corrected chi connectivity index (χ0v) is 9.49. The smallest absolute Gasteiger partial charge is 0.407 e. The Morgan fingerprint density at radius 3 is 2.40 bits per heavy atom. The summed E-state index contributed by atoms with van der Waals surface area (Å²) < 4.78 is 5.17. The first-order chi connectivity index (χ1) is 6.87. The minimum Gasteiger partial charge on any atom is -0.444 e. The molecule has 0 spiro atoms. The van der Waals surface area contributed by atoms with Crippen LogP contribution in [0.4, 0.5) is 4.79 Å². The Kier molecular flexibility index (Phi) is 2.41. The molecule has 2 aliphatic rings. The second kappa shape index (κ2) is 3.37. The largest absolute Gasteiger partial charge is 0.444 e. The van der Waals surface area contributed by atoms with Crippen molar-refractivity contribution in [1.29, 1.82) is 0 Å². The quantitative estimate of drug-likeness (QED) is 0.690. The molecule has 2 rings (SSSR count). The van der Waals surface area contributed by atoms with Crippen LogP contribution in [-0.4, -0.2) is 28.9 Å². The molecule has 2 fully saturated rings. The lowest BCUT2D eigenvalue weighted by atomic mass is 10.1. The number of alkyl carbamates (subject to hydrolysis) is 1. The lowest BCUT2D eigenvalue weighted by Gasteiger charge is -2.22. The van der Waals surface area contributed by atoms with E-state index in [2.05, 4.69) is 5.32 Å². The van der Waals surface area contributed by atoms with Crippen molar-refractivity contribution in [3.05, 3.63) is 0 Å². The summed E-state index contributed by atoms with van der Waals surface area (Å²) in [7, 11) is 0. The van der Waals surface area contributed by atoms with Gasteiger partial charge in [0, 0.05) is 6.04 Å². The summed E-state index contributed by atoms with van der Waals surface area (Å²) in [4.78, 5) is 11.5. The second-order valence-electron chi connectivity index (χ2n) is 5.62. The van der Waals surface area contributed by atoms with E-state index in [0.717, 1.165) is 6.42 Å². The summed E-state index contributed by atoms with van der Waals surface area (Å²) in [6.45, 7) is 5.53. The maximum Gasteiger partial charge on any atom is 0.407 e. The monoisotopic (exact) mass is 213 g/mol. The first kappa shape index (κ1) is 10.7. The average molecular weight is 213 g/mol. The third-order valence-electron chi connectivity index (χ3n) is 3.10. The van der Waals surface area contributed by atoms with E-state index in [1.54, 1.807) is 0 Å². The molecule has 0 saturated heterocycles. The molecule has 4 heteroatoms. The van der Waals surface area contributed by atoms with Crippen molar-refractivity contribution >= 4 is 6.09 Å². The Balaban J connectivity index is 1.80. The molecule has 0 aromatic carbocycles. The molecule has 15 heavy (non-hydrogen) atoms. The summed E-state index contributed by atoms with van der Waals surface area (Å²) in [5.74, 6) is 0.900. The van der Waals surface area contributed by atoms with Crippen LogP contribution in [0.25, 0.3) is 0 Å². The molecular weight excluding hydrogens is 194 g/mol. The van der Waals surface area contributed by atoms with E-state index in [1.807, 2.05) is 20.8 Å². The van der Waals surface area contributed by atoms with Gasteiger partial charge in [-0.05, 0) is 45.4 Å². The Labute approximate surface area is 90.0 Å². The molecule has 0 aromatic rings. The Morgan fingerprint density at radius 1 is 1.33 bits per heavy atom. The standard InChI is InChI=1S/C11H19NO3/c1-11(2,3)15-10(14)12-8-5-9(13)7-4-6(7)8/h6-9,13H,4-5H2,1-3H3,(H,12,14). The fourth-order valence-corrected chi connectivity index (χ4v) is 2.38. The summed E-state index contributed by atoms with van der Waals surface area (Å²) in [5.41, 5.74) is -0.454. The van der Waals surface area contributed by atoms with Crippen LogP contribution in [0.3, 0.4) is 0 Å². The SMILES string of the molecule is CC(C)(C)OC(=O)NC1CC(O)C2CC12. The van der Waals surface area contributed by atoms with Gasteiger partial charge in [-0.2, -0.15) is 0 Å². The molecule has 2 aliphatic carbocycles. The number of carbonyl (C=O) groups excluding carboxylic acids is 1. The zero-order valence-electron chi connectivity index (χ0n) is 9.49. The number of aliphatic hydroxyl groups is 1.